The van der Waals surface area contributed by atoms with Gasteiger partial charge in [0, 0.05) is 24.3 Å². The van der Waals surface area contributed by atoms with E-state index < -0.39 is 6.10 Å². The van der Waals surface area contributed by atoms with E-state index in [4.69, 9.17) is 0 Å². The fourth-order valence-corrected chi connectivity index (χ4v) is 2.16. The van der Waals surface area contributed by atoms with E-state index in [1.807, 2.05) is 25.1 Å². The van der Waals surface area contributed by atoms with Gasteiger partial charge in [-0.15, -0.1) is 0 Å². The van der Waals surface area contributed by atoms with Crippen LogP contribution in [0.25, 0.3) is 0 Å². The third kappa shape index (κ3) is 4.31. The molecule has 0 heterocycles. The van der Waals surface area contributed by atoms with Gasteiger partial charge < -0.3 is 14.9 Å². The molecule has 0 aliphatic carbocycles. The van der Waals surface area contributed by atoms with Crippen LogP contribution in [0.5, 0.6) is 0 Å². The molecule has 0 radical (unpaired) electrons. The molecule has 18 heavy (non-hydrogen) atoms. The summed E-state index contributed by atoms with van der Waals surface area (Å²) in [7, 11) is 4.19. The number of rotatable bonds is 7. The van der Waals surface area contributed by atoms with Crippen LogP contribution in [0, 0.1) is 0 Å². The van der Waals surface area contributed by atoms with Gasteiger partial charge in [-0.25, -0.2) is 0 Å². The van der Waals surface area contributed by atoms with Crippen LogP contribution >= 0.6 is 0 Å². The maximum Gasteiger partial charge on any atom is 0.0781 e. The largest absolute Gasteiger partial charge is 0.389 e. The van der Waals surface area contributed by atoms with Gasteiger partial charge in [0.15, 0.2) is 0 Å². The summed E-state index contributed by atoms with van der Waals surface area (Å²) < 4.78 is 0. The van der Waals surface area contributed by atoms with Crippen molar-refractivity contribution in [1.29, 1.82) is 0 Å². The van der Waals surface area contributed by atoms with Crippen molar-refractivity contribution in [3.8, 4) is 0 Å². The fraction of sp³-hybridized carbons (Fsp3) is 0.600. The Hall–Kier alpha value is -1.06. The van der Waals surface area contributed by atoms with Gasteiger partial charge in [-0.2, -0.15) is 0 Å². The SMILES string of the molecule is CCN(CCCN(C)C)c1ccccc1[C@H](C)O. The first-order chi connectivity index (χ1) is 8.56. The minimum atomic E-state index is -0.413. The molecule has 3 nitrogen and oxygen atoms in total. The Morgan fingerprint density at radius 2 is 1.83 bits per heavy atom. The van der Waals surface area contributed by atoms with E-state index in [9.17, 15) is 5.11 Å². The summed E-state index contributed by atoms with van der Waals surface area (Å²) >= 11 is 0. The van der Waals surface area contributed by atoms with Crippen molar-refractivity contribution in [2.75, 3.05) is 38.6 Å². The number of para-hydroxylation sites is 1. The topological polar surface area (TPSA) is 26.7 Å². The Morgan fingerprint density at radius 3 is 2.39 bits per heavy atom. The Labute approximate surface area is 111 Å². The molecular weight excluding hydrogens is 224 g/mol. The third-order valence-electron chi connectivity index (χ3n) is 3.14. The molecule has 0 unspecified atom stereocenters. The van der Waals surface area contributed by atoms with Gasteiger partial charge in [0.1, 0.15) is 0 Å². The number of hydrogen-bond donors (Lipinski definition) is 1. The first kappa shape index (κ1) is 15.0. The predicted molar refractivity (Wildman–Crippen MR) is 78.1 cm³/mol. The molecule has 0 fully saturated rings. The van der Waals surface area contributed by atoms with Crippen molar-refractivity contribution in [3.05, 3.63) is 29.8 Å². The zero-order valence-electron chi connectivity index (χ0n) is 12.1. The smallest absolute Gasteiger partial charge is 0.0781 e. The van der Waals surface area contributed by atoms with Crippen LogP contribution < -0.4 is 4.90 Å². The summed E-state index contributed by atoms with van der Waals surface area (Å²) in [6.07, 6.45) is 0.721. The Balaban J connectivity index is 2.75. The van der Waals surface area contributed by atoms with E-state index in [-0.39, 0.29) is 0 Å². The van der Waals surface area contributed by atoms with Gasteiger partial charge in [-0.05, 0) is 47.0 Å². The van der Waals surface area contributed by atoms with Crippen LogP contribution in [0.4, 0.5) is 5.69 Å². The van der Waals surface area contributed by atoms with Gasteiger partial charge in [-0.3, -0.25) is 0 Å². The fourth-order valence-electron chi connectivity index (χ4n) is 2.16. The average molecular weight is 250 g/mol. The maximum absolute atomic E-state index is 9.83. The highest BCUT2D eigenvalue weighted by Crippen LogP contribution is 2.26. The molecule has 0 bridgehead atoms. The molecule has 1 N–H and O–H groups in total. The lowest BCUT2D eigenvalue weighted by molar-refractivity contribution is 0.199. The van der Waals surface area contributed by atoms with E-state index in [1.54, 1.807) is 0 Å². The van der Waals surface area contributed by atoms with E-state index in [0.29, 0.717) is 0 Å². The second-order valence-corrected chi connectivity index (χ2v) is 4.97. The van der Waals surface area contributed by atoms with Gasteiger partial charge >= 0.3 is 0 Å². The quantitative estimate of drug-likeness (QED) is 0.805. The summed E-state index contributed by atoms with van der Waals surface area (Å²) in [5, 5.41) is 9.83. The third-order valence-corrected chi connectivity index (χ3v) is 3.14. The van der Waals surface area contributed by atoms with E-state index in [1.165, 1.54) is 0 Å². The molecule has 0 spiro atoms. The highest BCUT2D eigenvalue weighted by molar-refractivity contribution is 5.54. The lowest BCUT2D eigenvalue weighted by Crippen LogP contribution is -2.28. The lowest BCUT2D eigenvalue weighted by atomic mass is 10.1. The van der Waals surface area contributed by atoms with Gasteiger partial charge in [0.05, 0.1) is 6.10 Å². The first-order valence-corrected chi connectivity index (χ1v) is 6.73. The van der Waals surface area contributed by atoms with Crippen molar-refractivity contribution in [2.24, 2.45) is 0 Å². The normalized spacial score (nSPS) is 12.8. The molecule has 0 amide bonds. The Bertz CT molecular complexity index is 350. The van der Waals surface area contributed by atoms with Gasteiger partial charge in [-0.1, -0.05) is 18.2 Å². The first-order valence-electron chi connectivity index (χ1n) is 6.73. The Morgan fingerprint density at radius 1 is 1.17 bits per heavy atom. The molecule has 0 aliphatic rings. The monoisotopic (exact) mass is 250 g/mol. The number of anilines is 1. The van der Waals surface area contributed by atoms with E-state index in [0.717, 1.165) is 37.3 Å². The van der Waals surface area contributed by atoms with Crippen LogP contribution in [-0.4, -0.2) is 43.7 Å². The number of aliphatic hydroxyl groups excluding tert-OH is 1. The number of nitrogens with zero attached hydrogens (tertiary/aromatic N) is 2. The number of hydrogen-bond acceptors (Lipinski definition) is 3. The molecule has 3 heteroatoms. The molecule has 1 aromatic rings. The summed E-state index contributed by atoms with van der Waals surface area (Å²) in [5.41, 5.74) is 2.18. The van der Waals surface area contributed by atoms with Gasteiger partial charge in [0.2, 0.25) is 0 Å². The Kier molecular flexibility index (Phi) is 6.16. The minimum absolute atomic E-state index is 0.413. The van der Waals surface area contributed by atoms with Crippen LogP contribution in [0.2, 0.25) is 0 Å². The standard InChI is InChI=1S/C15H26N2O/c1-5-17(12-8-11-16(3)4)15-10-7-6-9-14(15)13(2)18/h6-7,9-10,13,18H,5,8,11-12H2,1-4H3/t13-/m0/s1. The van der Waals surface area contributed by atoms with Crippen LogP contribution in [0.15, 0.2) is 24.3 Å². The van der Waals surface area contributed by atoms with Gasteiger partial charge in [0.25, 0.3) is 0 Å². The molecule has 1 aromatic carbocycles. The van der Waals surface area contributed by atoms with Crippen molar-refractivity contribution in [3.63, 3.8) is 0 Å². The molecule has 0 saturated carbocycles. The molecule has 1 atom stereocenters. The second-order valence-electron chi connectivity index (χ2n) is 4.97. The summed E-state index contributed by atoms with van der Waals surface area (Å²) in [6, 6.07) is 8.13. The van der Waals surface area contributed by atoms with Crippen molar-refractivity contribution in [1.82, 2.24) is 4.90 Å². The van der Waals surface area contributed by atoms with E-state index >= 15 is 0 Å². The zero-order valence-corrected chi connectivity index (χ0v) is 12.1. The average Bonchev–Trinajstić information content (AvgIpc) is 2.34. The summed E-state index contributed by atoms with van der Waals surface area (Å²) in [5.74, 6) is 0. The predicted octanol–water partition coefficient (Wildman–Crippen LogP) is 2.52. The summed E-state index contributed by atoms with van der Waals surface area (Å²) in [4.78, 5) is 4.54. The van der Waals surface area contributed by atoms with Crippen molar-refractivity contribution in [2.45, 2.75) is 26.4 Å². The van der Waals surface area contributed by atoms with Crippen LogP contribution in [0.3, 0.4) is 0 Å². The highest BCUT2D eigenvalue weighted by atomic mass is 16.3. The van der Waals surface area contributed by atoms with Crippen LogP contribution in [0.1, 0.15) is 31.9 Å². The number of aliphatic hydroxyl groups is 1. The van der Waals surface area contributed by atoms with E-state index in [2.05, 4.69) is 36.9 Å². The minimum Gasteiger partial charge on any atom is -0.389 e. The highest BCUT2D eigenvalue weighted by Gasteiger charge is 2.12. The molecule has 0 saturated heterocycles. The molecule has 0 aromatic heterocycles. The molecule has 102 valence electrons. The lowest BCUT2D eigenvalue weighted by Gasteiger charge is -2.27. The molecule has 0 aliphatic heterocycles. The van der Waals surface area contributed by atoms with Crippen molar-refractivity contribution >= 4 is 5.69 Å². The zero-order chi connectivity index (χ0) is 13.5. The van der Waals surface area contributed by atoms with Crippen LogP contribution in [-0.2, 0) is 0 Å². The molecule has 1 rings (SSSR count). The summed E-state index contributed by atoms with van der Waals surface area (Å²) in [6.45, 7) is 7.07. The second kappa shape index (κ2) is 7.39. The number of benzene rings is 1. The maximum atomic E-state index is 9.83. The molecular formula is C15H26N2O. The van der Waals surface area contributed by atoms with Crippen molar-refractivity contribution < 1.29 is 5.11 Å².